The minimum Gasteiger partial charge on any atom is -0.444 e. The molecule has 3 aromatic rings. The van der Waals surface area contributed by atoms with Crippen molar-refractivity contribution in [3.63, 3.8) is 0 Å². The molecular weight excluding hydrogens is 407 g/mol. The van der Waals surface area contributed by atoms with E-state index in [9.17, 15) is 9.18 Å². The van der Waals surface area contributed by atoms with Gasteiger partial charge < -0.3 is 10.1 Å². The van der Waals surface area contributed by atoms with Gasteiger partial charge in [-0.3, -0.25) is 4.68 Å². The molecule has 1 unspecified atom stereocenters. The van der Waals surface area contributed by atoms with Crippen LogP contribution in [-0.4, -0.2) is 32.5 Å². The molecule has 158 valence electrons. The van der Waals surface area contributed by atoms with Gasteiger partial charge in [0, 0.05) is 0 Å². The number of alkyl carbamates (subject to hydrolysis) is 1. The Morgan fingerprint density at radius 3 is 2.50 bits per heavy atom. The number of carbonyl (C=O) groups is 1. The standard InChI is InChI=1S/C22H24ClFN4O2/c1-22(2,3)30-21(29)27-18(12-28-14-25-13-26-28)10-15-4-6-16(7-5-15)17-8-9-20(24)19(23)11-17/h4-9,11,13-14,18H,10,12H2,1-3H3,(H,27,29). The lowest BCUT2D eigenvalue weighted by atomic mass is 10.0. The van der Waals surface area contributed by atoms with Crippen molar-refractivity contribution in [3.8, 4) is 11.1 Å². The number of nitrogens with one attached hydrogen (secondary N) is 1. The molecule has 0 bridgehead atoms. The molecule has 0 aliphatic rings. The molecular formula is C22H24ClFN4O2. The van der Waals surface area contributed by atoms with Crippen LogP contribution >= 0.6 is 11.6 Å². The fourth-order valence-corrected chi connectivity index (χ4v) is 3.16. The first-order valence-electron chi connectivity index (χ1n) is 9.56. The molecule has 1 amide bonds. The van der Waals surface area contributed by atoms with E-state index in [1.54, 1.807) is 23.1 Å². The van der Waals surface area contributed by atoms with Crippen LogP contribution in [0.5, 0.6) is 0 Å². The van der Waals surface area contributed by atoms with E-state index in [1.165, 1.54) is 12.4 Å². The summed E-state index contributed by atoms with van der Waals surface area (Å²) in [6.45, 7) is 5.91. The third kappa shape index (κ3) is 6.29. The van der Waals surface area contributed by atoms with E-state index in [0.29, 0.717) is 13.0 Å². The number of nitrogens with zero attached hydrogens (tertiary/aromatic N) is 3. The van der Waals surface area contributed by atoms with Gasteiger partial charge in [-0.15, -0.1) is 0 Å². The van der Waals surface area contributed by atoms with Crippen molar-refractivity contribution < 1.29 is 13.9 Å². The Balaban J connectivity index is 1.72. The highest BCUT2D eigenvalue weighted by atomic mass is 35.5. The molecule has 8 heteroatoms. The number of aromatic nitrogens is 3. The first kappa shape index (κ1) is 21.8. The summed E-state index contributed by atoms with van der Waals surface area (Å²) < 4.78 is 20.4. The van der Waals surface area contributed by atoms with E-state index in [2.05, 4.69) is 15.4 Å². The smallest absolute Gasteiger partial charge is 0.407 e. The molecule has 0 aliphatic carbocycles. The molecule has 0 fully saturated rings. The third-order valence-electron chi connectivity index (χ3n) is 4.28. The van der Waals surface area contributed by atoms with Gasteiger partial charge in [-0.25, -0.2) is 14.2 Å². The monoisotopic (exact) mass is 430 g/mol. The van der Waals surface area contributed by atoms with Gasteiger partial charge in [-0.05, 0) is 56.0 Å². The van der Waals surface area contributed by atoms with Crippen molar-refractivity contribution >= 4 is 17.7 Å². The first-order valence-corrected chi connectivity index (χ1v) is 9.94. The van der Waals surface area contributed by atoms with Gasteiger partial charge >= 0.3 is 6.09 Å². The van der Waals surface area contributed by atoms with Gasteiger partial charge in [0.1, 0.15) is 24.1 Å². The molecule has 3 rings (SSSR count). The number of benzene rings is 2. The maximum Gasteiger partial charge on any atom is 0.407 e. The fourth-order valence-electron chi connectivity index (χ4n) is 2.98. The van der Waals surface area contributed by atoms with Crippen LogP contribution < -0.4 is 5.32 Å². The quantitative estimate of drug-likeness (QED) is 0.605. The summed E-state index contributed by atoms with van der Waals surface area (Å²) >= 11 is 5.89. The van der Waals surface area contributed by atoms with Crippen LogP contribution in [-0.2, 0) is 17.7 Å². The summed E-state index contributed by atoms with van der Waals surface area (Å²) in [5.41, 5.74) is 2.20. The van der Waals surface area contributed by atoms with Gasteiger partial charge in [0.05, 0.1) is 17.6 Å². The highest BCUT2D eigenvalue weighted by Gasteiger charge is 2.20. The summed E-state index contributed by atoms with van der Waals surface area (Å²) in [5.74, 6) is -0.443. The van der Waals surface area contributed by atoms with E-state index in [-0.39, 0.29) is 11.1 Å². The molecule has 1 atom stereocenters. The minimum absolute atomic E-state index is 0.0889. The van der Waals surface area contributed by atoms with Gasteiger partial charge in [-0.2, -0.15) is 5.10 Å². The lowest BCUT2D eigenvalue weighted by molar-refractivity contribution is 0.0498. The molecule has 1 N–H and O–H groups in total. The number of hydrogen-bond donors (Lipinski definition) is 1. The Labute approximate surface area is 180 Å². The SMILES string of the molecule is CC(C)(C)OC(=O)NC(Cc1ccc(-c2ccc(F)c(Cl)c2)cc1)Cn1cncn1. The zero-order valence-electron chi connectivity index (χ0n) is 17.1. The number of hydrogen-bond acceptors (Lipinski definition) is 4. The summed E-state index contributed by atoms with van der Waals surface area (Å²) in [4.78, 5) is 16.2. The molecule has 0 radical (unpaired) electrons. The van der Waals surface area contributed by atoms with E-state index in [4.69, 9.17) is 16.3 Å². The van der Waals surface area contributed by atoms with Crippen molar-refractivity contribution in [1.29, 1.82) is 0 Å². The summed E-state index contributed by atoms with van der Waals surface area (Å²) in [7, 11) is 0. The number of carbonyl (C=O) groups excluding carboxylic acids is 1. The summed E-state index contributed by atoms with van der Waals surface area (Å²) in [6, 6.07) is 12.2. The van der Waals surface area contributed by atoms with Gasteiger partial charge in [0.2, 0.25) is 0 Å². The highest BCUT2D eigenvalue weighted by Crippen LogP contribution is 2.25. The van der Waals surface area contributed by atoms with E-state index in [0.717, 1.165) is 16.7 Å². The lowest BCUT2D eigenvalue weighted by Gasteiger charge is -2.23. The average molecular weight is 431 g/mol. The van der Waals surface area contributed by atoms with Crippen LogP contribution in [0.2, 0.25) is 5.02 Å². The Hall–Kier alpha value is -2.93. The lowest BCUT2D eigenvalue weighted by Crippen LogP contribution is -2.42. The molecule has 30 heavy (non-hydrogen) atoms. The van der Waals surface area contributed by atoms with E-state index in [1.807, 2.05) is 45.0 Å². The number of halogens is 2. The van der Waals surface area contributed by atoms with Crippen LogP contribution in [0.1, 0.15) is 26.3 Å². The normalized spacial score (nSPS) is 12.4. The second-order valence-electron chi connectivity index (χ2n) is 7.99. The predicted octanol–water partition coefficient (Wildman–Crippen LogP) is 4.87. The van der Waals surface area contributed by atoms with Gasteiger partial charge in [0.15, 0.2) is 0 Å². The molecule has 2 aromatic carbocycles. The Bertz CT molecular complexity index is 985. The number of amides is 1. The topological polar surface area (TPSA) is 69.0 Å². The number of rotatable bonds is 6. The van der Waals surface area contributed by atoms with Crippen molar-refractivity contribution in [2.24, 2.45) is 0 Å². The second-order valence-corrected chi connectivity index (χ2v) is 8.40. The van der Waals surface area contributed by atoms with Crippen molar-refractivity contribution in [2.45, 2.75) is 45.4 Å². The first-order chi connectivity index (χ1) is 14.2. The zero-order valence-corrected chi connectivity index (χ0v) is 17.9. The van der Waals surface area contributed by atoms with Crippen LogP contribution in [0.25, 0.3) is 11.1 Å². The number of ether oxygens (including phenoxy) is 1. The minimum atomic E-state index is -0.583. The van der Waals surface area contributed by atoms with Crippen molar-refractivity contribution in [3.05, 3.63) is 71.5 Å². The van der Waals surface area contributed by atoms with Gasteiger partial charge in [-0.1, -0.05) is 41.9 Å². The molecule has 0 spiro atoms. The molecule has 1 aromatic heterocycles. The summed E-state index contributed by atoms with van der Waals surface area (Å²) in [5, 5.41) is 7.12. The second kappa shape index (κ2) is 9.26. The van der Waals surface area contributed by atoms with Crippen LogP contribution in [0, 0.1) is 5.82 Å². The molecule has 0 saturated carbocycles. The van der Waals surface area contributed by atoms with Crippen molar-refractivity contribution in [2.75, 3.05) is 0 Å². The van der Waals surface area contributed by atoms with Crippen molar-refractivity contribution in [1.82, 2.24) is 20.1 Å². The predicted molar refractivity (Wildman–Crippen MR) is 114 cm³/mol. The zero-order chi connectivity index (χ0) is 21.7. The van der Waals surface area contributed by atoms with Crippen LogP contribution in [0.3, 0.4) is 0 Å². The van der Waals surface area contributed by atoms with Gasteiger partial charge in [0.25, 0.3) is 0 Å². The molecule has 1 heterocycles. The maximum absolute atomic E-state index is 13.4. The third-order valence-corrected chi connectivity index (χ3v) is 4.57. The Kier molecular flexibility index (Phi) is 6.72. The molecule has 6 nitrogen and oxygen atoms in total. The van der Waals surface area contributed by atoms with E-state index >= 15 is 0 Å². The molecule has 0 aliphatic heterocycles. The average Bonchev–Trinajstić information content (AvgIpc) is 3.16. The Morgan fingerprint density at radius 1 is 1.20 bits per heavy atom. The van der Waals surface area contributed by atoms with Crippen LogP contribution in [0.15, 0.2) is 55.1 Å². The largest absolute Gasteiger partial charge is 0.444 e. The summed E-state index contributed by atoms with van der Waals surface area (Å²) in [6.07, 6.45) is 3.15. The molecule has 0 saturated heterocycles. The highest BCUT2D eigenvalue weighted by molar-refractivity contribution is 6.31. The Morgan fingerprint density at radius 2 is 1.90 bits per heavy atom. The van der Waals surface area contributed by atoms with E-state index < -0.39 is 17.5 Å². The maximum atomic E-state index is 13.4. The fraction of sp³-hybridized carbons (Fsp3) is 0.318. The van der Waals surface area contributed by atoms with Crippen LogP contribution in [0.4, 0.5) is 9.18 Å².